The molecule has 1 unspecified atom stereocenters. The topological polar surface area (TPSA) is 42.0 Å². The van der Waals surface area contributed by atoms with Gasteiger partial charge in [0.25, 0.3) is 0 Å². The van der Waals surface area contributed by atoms with Crippen molar-refractivity contribution in [1.82, 2.24) is 10.3 Å². The Bertz CT molecular complexity index is 444. The molecule has 0 radical (unpaired) electrons. The van der Waals surface area contributed by atoms with E-state index in [1.807, 2.05) is 18.2 Å². The highest BCUT2D eigenvalue weighted by Crippen LogP contribution is 2.37. The molecule has 1 N–H and O–H groups in total. The normalized spacial score (nSPS) is 25.8. The fourth-order valence-electron chi connectivity index (χ4n) is 3.49. The van der Waals surface area contributed by atoms with Crippen LogP contribution in [-0.2, 0) is 11.2 Å². The minimum atomic E-state index is 0.192. The molecule has 116 valence electrons. The molecule has 0 saturated heterocycles. The van der Waals surface area contributed by atoms with Crippen LogP contribution in [0.25, 0.3) is 0 Å². The minimum absolute atomic E-state index is 0.192. The summed E-state index contributed by atoms with van der Waals surface area (Å²) in [5.41, 5.74) is 1.04. The molecular formula is C18H28N2O. The maximum atomic E-state index is 12.5. The van der Waals surface area contributed by atoms with Crippen LogP contribution in [0, 0.1) is 23.7 Å². The zero-order valence-corrected chi connectivity index (χ0v) is 13.5. The summed E-state index contributed by atoms with van der Waals surface area (Å²) in [6.45, 7) is 7.44. The van der Waals surface area contributed by atoms with Gasteiger partial charge in [0, 0.05) is 30.8 Å². The molecule has 0 spiro atoms. The van der Waals surface area contributed by atoms with Gasteiger partial charge in [-0.2, -0.15) is 0 Å². The summed E-state index contributed by atoms with van der Waals surface area (Å²) in [7, 11) is 0. The third-order valence-corrected chi connectivity index (χ3v) is 4.77. The fraction of sp³-hybridized carbons (Fsp3) is 0.667. The summed E-state index contributed by atoms with van der Waals surface area (Å²) < 4.78 is 0. The zero-order valence-electron chi connectivity index (χ0n) is 13.5. The monoisotopic (exact) mass is 288 g/mol. The van der Waals surface area contributed by atoms with Gasteiger partial charge in [-0.25, -0.2) is 0 Å². The second kappa shape index (κ2) is 7.58. The van der Waals surface area contributed by atoms with Gasteiger partial charge < -0.3 is 5.32 Å². The number of carbonyl (C=O) groups is 1. The molecule has 3 nitrogen and oxygen atoms in total. The number of hydrogen-bond donors (Lipinski definition) is 1. The first kappa shape index (κ1) is 16.0. The van der Waals surface area contributed by atoms with Crippen LogP contribution in [0.3, 0.4) is 0 Å². The Labute approximate surface area is 128 Å². The fourth-order valence-corrected chi connectivity index (χ4v) is 3.49. The van der Waals surface area contributed by atoms with Crippen molar-refractivity contribution in [1.29, 1.82) is 0 Å². The van der Waals surface area contributed by atoms with Crippen molar-refractivity contribution >= 4 is 5.91 Å². The molecule has 2 rings (SSSR count). The molecule has 3 atom stereocenters. The molecule has 21 heavy (non-hydrogen) atoms. The van der Waals surface area contributed by atoms with Gasteiger partial charge >= 0.3 is 0 Å². The molecule has 1 heterocycles. The highest BCUT2D eigenvalue weighted by molar-refractivity contribution is 5.79. The first-order chi connectivity index (χ1) is 10.1. The molecule has 0 aromatic carbocycles. The van der Waals surface area contributed by atoms with Gasteiger partial charge in [-0.05, 0) is 42.7 Å². The van der Waals surface area contributed by atoms with Crippen LogP contribution in [-0.4, -0.2) is 17.4 Å². The average molecular weight is 288 g/mol. The highest BCUT2D eigenvalue weighted by atomic mass is 16.1. The molecule has 1 fully saturated rings. The average Bonchev–Trinajstić information content (AvgIpc) is 2.47. The van der Waals surface area contributed by atoms with Gasteiger partial charge in [-0.15, -0.1) is 0 Å². The second-order valence-corrected chi connectivity index (χ2v) is 6.79. The van der Waals surface area contributed by atoms with E-state index in [2.05, 4.69) is 31.1 Å². The first-order valence-electron chi connectivity index (χ1n) is 8.25. The smallest absolute Gasteiger partial charge is 0.223 e. The van der Waals surface area contributed by atoms with Gasteiger partial charge in [0.15, 0.2) is 0 Å². The lowest BCUT2D eigenvalue weighted by atomic mass is 9.70. The number of carbonyl (C=O) groups excluding carboxylic acids is 1. The van der Waals surface area contributed by atoms with E-state index in [1.165, 1.54) is 12.8 Å². The SMILES string of the molecule is CC1CC[C@@H](C(C)C)[C@H](C(=O)NCCc2ccccn2)C1. The van der Waals surface area contributed by atoms with Gasteiger partial charge in [-0.3, -0.25) is 9.78 Å². The maximum Gasteiger partial charge on any atom is 0.223 e. The Hall–Kier alpha value is -1.38. The van der Waals surface area contributed by atoms with E-state index in [0.29, 0.717) is 24.3 Å². The number of aromatic nitrogens is 1. The molecule has 1 aromatic heterocycles. The lowest BCUT2D eigenvalue weighted by Crippen LogP contribution is -2.40. The van der Waals surface area contributed by atoms with Crippen molar-refractivity contribution < 1.29 is 4.79 Å². The molecule has 0 aliphatic heterocycles. The summed E-state index contributed by atoms with van der Waals surface area (Å²) in [5, 5.41) is 3.13. The highest BCUT2D eigenvalue weighted by Gasteiger charge is 2.35. The van der Waals surface area contributed by atoms with Gasteiger partial charge in [0.2, 0.25) is 5.91 Å². The van der Waals surface area contributed by atoms with Crippen LogP contribution in [0.15, 0.2) is 24.4 Å². The maximum absolute atomic E-state index is 12.5. The largest absolute Gasteiger partial charge is 0.355 e. The van der Waals surface area contributed by atoms with Crippen LogP contribution in [0.4, 0.5) is 0 Å². The minimum Gasteiger partial charge on any atom is -0.355 e. The molecule has 1 aliphatic carbocycles. The zero-order chi connectivity index (χ0) is 15.2. The van der Waals surface area contributed by atoms with Crippen LogP contribution in [0.1, 0.15) is 45.7 Å². The van der Waals surface area contributed by atoms with Gasteiger partial charge in [-0.1, -0.05) is 33.3 Å². The molecule has 0 bridgehead atoms. The summed E-state index contributed by atoms with van der Waals surface area (Å²) in [6.07, 6.45) is 6.10. The van der Waals surface area contributed by atoms with Crippen molar-refractivity contribution in [3.63, 3.8) is 0 Å². The van der Waals surface area contributed by atoms with Crippen molar-refractivity contribution in [2.24, 2.45) is 23.7 Å². The number of nitrogens with zero attached hydrogens (tertiary/aromatic N) is 1. The Kier molecular flexibility index (Phi) is 5.77. The molecule has 1 aliphatic rings. The summed E-state index contributed by atoms with van der Waals surface area (Å²) in [6, 6.07) is 5.91. The van der Waals surface area contributed by atoms with Crippen molar-refractivity contribution in [2.45, 2.75) is 46.5 Å². The predicted molar refractivity (Wildman–Crippen MR) is 85.8 cm³/mol. The Morgan fingerprint density at radius 1 is 1.38 bits per heavy atom. The van der Waals surface area contributed by atoms with Crippen molar-refractivity contribution in [3.8, 4) is 0 Å². The quantitative estimate of drug-likeness (QED) is 0.901. The first-order valence-corrected chi connectivity index (χ1v) is 8.25. The van der Waals surface area contributed by atoms with E-state index >= 15 is 0 Å². The van der Waals surface area contributed by atoms with E-state index < -0.39 is 0 Å². The standard InChI is InChI=1S/C18H28N2O/c1-13(2)16-8-7-14(3)12-17(16)18(21)20-11-9-15-6-4-5-10-19-15/h4-6,10,13-14,16-17H,7-9,11-12H2,1-3H3,(H,20,21)/t14?,16-,17+/m0/s1. The molecule has 3 heteroatoms. The number of pyridine rings is 1. The number of rotatable bonds is 5. The van der Waals surface area contributed by atoms with E-state index in [0.717, 1.165) is 18.5 Å². The third-order valence-electron chi connectivity index (χ3n) is 4.77. The van der Waals surface area contributed by atoms with Crippen LogP contribution >= 0.6 is 0 Å². The van der Waals surface area contributed by atoms with E-state index in [4.69, 9.17) is 0 Å². The Morgan fingerprint density at radius 3 is 2.86 bits per heavy atom. The van der Waals surface area contributed by atoms with Gasteiger partial charge in [0.1, 0.15) is 0 Å². The van der Waals surface area contributed by atoms with E-state index in [-0.39, 0.29) is 11.8 Å². The van der Waals surface area contributed by atoms with E-state index in [9.17, 15) is 4.79 Å². The summed E-state index contributed by atoms with van der Waals surface area (Å²) in [5.74, 6) is 2.24. The van der Waals surface area contributed by atoms with Crippen LogP contribution in [0.2, 0.25) is 0 Å². The van der Waals surface area contributed by atoms with E-state index in [1.54, 1.807) is 6.20 Å². The van der Waals surface area contributed by atoms with Crippen LogP contribution in [0.5, 0.6) is 0 Å². The summed E-state index contributed by atoms with van der Waals surface area (Å²) in [4.78, 5) is 16.8. The van der Waals surface area contributed by atoms with Crippen molar-refractivity contribution in [3.05, 3.63) is 30.1 Å². The second-order valence-electron chi connectivity index (χ2n) is 6.79. The third kappa shape index (κ3) is 4.55. The van der Waals surface area contributed by atoms with Gasteiger partial charge in [0.05, 0.1) is 0 Å². The van der Waals surface area contributed by atoms with Crippen molar-refractivity contribution in [2.75, 3.05) is 6.54 Å². The number of hydrogen-bond acceptors (Lipinski definition) is 2. The number of nitrogens with one attached hydrogen (secondary N) is 1. The molecule has 1 saturated carbocycles. The Balaban J connectivity index is 1.85. The predicted octanol–water partition coefficient (Wildman–Crippen LogP) is 3.45. The number of amides is 1. The lowest BCUT2D eigenvalue weighted by Gasteiger charge is -2.36. The lowest BCUT2D eigenvalue weighted by molar-refractivity contribution is -0.129. The molecule has 1 amide bonds. The molecular weight excluding hydrogens is 260 g/mol. The Morgan fingerprint density at radius 2 is 2.19 bits per heavy atom. The summed E-state index contributed by atoms with van der Waals surface area (Å²) >= 11 is 0. The van der Waals surface area contributed by atoms with Crippen LogP contribution < -0.4 is 5.32 Å². The molecule has 1 aromatic rings.